The predicted molar refractivity (Wildman–Crippen MR) is 114 cm³/mol. The number of rotatable bonds is 5. The van der Waals surface area contributed by atoms with Gasteiger partial charge in [0.15, 0.2) is 0 Å². The summed E-state index contributed by atoms with van der Waals surface area (Å²) in [5, 5.41) is 14.6. The Balaban J connectivity index is 1.15. The third-order valence-electron chi connectivity index (χ3n) is 6.37. The first-order valence-corrected chi connectivity index (χ1v) is 11.4. The molecule has 0 N–H and O–H groups in total. The molecule has 158 valence electrons. The van der Waals surface area contributed by atoms with Gasteiger partial charge in [-0.15, -0.1) is 16.4 Å². The Morgan fingerprint density at radius 2 is 2.00 bits per heavy atom. The first-order valence-electron chi connectivity index (χ1n) is 10.5. The monoisotopic (exact) mass is 425 g/mol. The molecule has 8 heteroatoms. The Morgan fingerprint density at radius 1 is 1.20 bits per heavy atom. The molecular weight excluding hydrogens is 398 g/mol. The average molecular weight is 426 g/mol. The topological polar surface area (TPSA) is 75.0 Å². The van der Waals surface area contributed by atoms with Crippen molar-refractivity contribution in [1.29, 1.82) is 0 Å². The van der Waals surface area contributed by atoms with Crippen molar-refractivity contribution in [1.82, 2.24) is 25.2 Å². The number of tetrazole rings is 1. The summed E-state index contributed by atoms with van der Waals surface area (Å²) in [5.41, 5.74) is 2.35. The third-order valence-corrected chi connectivity index (χ3v) is 7.43. The van der Waals surface area contributed by atoms with Crippen LogP contribution < -0.4 is 4.74 Å². The van der Waals surface area contributed by atoms with Crippen LogP contribution in [0.4, 0.5) is 0 Å². The number of nitrogens with zero attached hydrogens (tertiary/aromatic N) is 5. The van der Waals surface area contributed by atoms with Gasteiger partial charge in [-0.3, -0.25) is 0 Å². The minimum Gasteiger partial charge on any atom is -0.487 e. The maximum Gasteiger partial charge on any atom is 0.143 e. The first-order chi connectivity index (χ1) is 14.5. The van der Waals surface area contributed by atoms with Crippen molar-refractivity contribution in [3.05, 3.63) is 46.7 Å². The van der Waals surface area contributed by atoms with Gasteiger partial charge in [0, 0.05) is 11.3 Å². The molecule has 1 saturated carbocycles. The molecule has 1 aliphatic heterocycles. The highest BCUT2D eigenvalue weighted by Gasteiger charge is 2.46. The minimum absolute atomic E-state index is 0.0445. The number of ether oxygens (including phenoxy) is 2. The predicted octanol–water partition coefficient (Wildman–Crippen LogP) is 4.54. The summed E-state index contributed by atoms with van der Waals surface area (Å²) < 4.78 is 13.6. The molecule has 0 radical (unpaired) electrons. The summed E-state index contributed by atoms with van der Waals surface area (Å²) in [7, 11) is 0. The van der Waals surface area contributed by atoms with Gasteiger partial charge < -0.3 is 9.47 Å². The van der Waals surface area contributed by atoms with E-state index in [2.05, 4.69) is 34.8 Å². The third kappa shape index (κ3) is 4.11. The molecule has 30 heavy (non-hydrogen) atoms. The summed E-state index contributed by atoms with van der Waals surface area (Å²) in [6.07, 6.45) is 7.69. The molecule has 2 fully saturated rings. The van der Waals surface area contributed by atoms with Gasteiger partial charge in [0.05, 0.1) is 28.6 Å². The molecule has 0 unspecified atom stereocenters. The highest BCUT2D eigenvalue weighted by atomic mass is 32.1. The van der Waals surface area contributed by atoms with Gasteiger partial charge in [0.25, 0.3) is 0 Å². The minimum atomic E-state index is 0.0445. The van der Waals surface area contributed by atoms with Gasteiger partial charge in [0.1, 0.15) is 18.7 Å². The van der Waals surface area contributed by atoms with Gasteiger partial charge in [-0.1, -0.05) is 0 Å². The SMILES string of the molecule is CC1(C)CC2(CCC(c3nc(COc4ccc(-n5cnnn5)cc4)cs3)CC2)CO1. The van der Waals surface area contributed by atoms with Crippen LogP contribution in [0.3, 0.4) is 0 Å². The second-order valence-electron chi connectivity index (χ2n) is 9.21. The Bertz CT molecular complexity index is 975. The molecular formula is C22H27N5O2S. The lowest BCUT2D eigenvalue weighted by molar-refractivity contribution is 0.0280. The standard InChI is InChI=1S/C22H27N5O2S/c1-21(2)13-22(14-29-21)9-7-16(8-10-22)20-24-17(12-30-20)11-28-19-5-3-18(4-6-19)27-15-23-25-26-27/h3-6,12,15-16H,7-11,13-14H2,1-2H3. The molecule has 3 heterocycles. The Hall–Kier alpha value is -2.32. The Kier molecular flexibility index (Phi) is 5.06. The molecule has 1 aliphatic carbocycles. The maximum atomic E-state index is 6.04. The quantitative estimate of drug-likeness (QED) is 0.597. The molecule has 2 aromatic heterocycles. The van der Waals surface area contributed by atoms with E-state index >= 15 is 0 Å². The van der Waals surface area contributed by atoms with Gasteiger partial charge in [-0.2, -0.15) is 0 Å². The zero-order chi connectivity index (χ0) is 20.6. The Labute approximate surface area is 180 Å². The molecule has 1 spiro atoms. The normalized spacial score (nSPS) is 25.6. The molecule has 5 rings (SSSR count). The van der Waals surface area contributed by atoms with Crippen LogP contribution in [-0.4, -0.2) is 37.4 Å². The largest absolute Gasteiger partial charge is 0.487 e. The molecule has 1 aromatic carbocycles. The van der Waals surface area contributed by atoms with Crippen LogP contribution in [0.2, 0.25) is 0 Å². The molecule has 0 amide bonds. The number of aromatic nitrogens is 5. The van der Waals surface area contributed by atoms with Crippen molar-refractivity contribution in [2.45, 2.75) is 64.1 Å². The highest BCUT2D eigenvalue weighted by molar-refractivity contribution is 7.09. The van der Waals surface area contributed by atoms with Crippen LogP contribution in [0.15, 0.2) is 36.0 Å². The van der Waals surface area contributed by atoms with Gasteiger partial charge in [-0.25, -0.2) is 9.67 Å². The van der Waals surface area contributed by atoms with Crippen molar-refractivity contribution in [2.24, 2.45) is 5.41 Å². The summed E-state index contributed by atoms with van der Waals surface area (Å²) in [6.45, 7) is 5.86. The molecule has 7 nitrogen and oxygen atoms in total. The smallest absolute Gasteiger partial charge is 0.143 e. The van der Waals surface area contributed by atoms with Crippen molar-refractivity contribution in [3.8, 4) is 11.4 Å². The van der Waals surface area contributed by atoms with Crippen molar-refractivity contribution >= 4 is 11.3 Å². The molecule has 3 aromatic rings. The number of hydrogen-bond donors (Lipinski definition) is 0. The van der Waals surface area contributed by atoms with E-state index in [9.17, 15) is 0 Å². The van der Waals surface area contributed by atoms with E-state index in [1.165, 1.54) is 37.1 Å². The van der Waals surface area contributed by atoms with E-state index < -0.39 is 0 Å². The van der Waals surface area contributed by atoms with E-state index in [1.807, 2.05) is 24.3 Å². The van der Waals surface area contributed by atoms with Crippen molar-refractivity contribution in [2.75, 3.05) is 6.61 Å². The molecule has 0 bridgehead atoms. The number of hydrogen-bond acceptors (Lipinski definition) is 7. The Morgan fingerprint density at radius 3 is 2.67 bits per heavy atom. The van der Waals surface area contributed by atoms with Crippen LogP contribution in [-0.2, 0) is 11.3 Å². The maximum absolute atomic E-state index is 6.04. The number of thiazole rings is 1. The molecule has 2 aliphatic rings. The second-order valence-corrected chi connectivity index (χ2v) is 10.1. The van der Waals surface area contributed by atoms with Crippen molar-refractivity contribution < 1.29 is 9.47 Å². The van der Waals surface area contributed by atoms with E-state index in [-0.39, 0.29) is 5.60 Å². The lowest BCUT2D eigenvalue weighted by Crippen LogP contribution is -2.28. The fraction of sp³-hybridized carbons (Fsp3) is 0.545. The second kappa shape index (κ2) is 7.74. The van der Waals surface area contributed by atoms with Crippen LogP contribution in [0.25, 0.3) is 5.69 Å². The van der Waals surface area contributed by atoms with E-state index in [4.69, 9.17) is 14.5 Å². The van der Waals surface area contributed by atoms with E-state index in [0.29, 0.717) is 17.9 Å². The van der Waals surface area contributed by atoms with E-state index in [0.717, 1.165) is 23.7 Å². The van der Waals surface area contributed by atoms with Crippen LogP contribution >= 0.6 is 11.3 Å². The molecule has 1 saturated heterocycles. The fourth-order valence-corrected chi connectivity index (χ4v) is 5.84. The lowest BCUT2D eigenvalue weighted by atomic mass is 9.68. The summed E-state index contributed by atoms with van der Waals surface area (Å²) >= 11 is 1.77. The summed E-state index contributed by atoms with van der Waals surface area (Å²) in [6, 6.07) is 7.72. The van der Waals surface area contributed by atoms with Crippen LogP contribution in [0, 0.1) is 5.41 Å². The first kappa shape index (κ1) is 19.6. The van der Waals surface area contributed by atoms with Crippen LogP contribution in [0.5, 0.6) is 5.75 Å². The van der Waals surface area contributed by atoms with Gasteiger partial charge in [0.2, 0.25) is 0 Å². The zero-order valence-electron chi connectivity index (χ0n) is 17.5. The van der Waals surface area contributed by atoms with Gasteiger partial charge in [-0.05, 0) is 86.1 Å². The van der Waals surface area contributed by atoms with Crippen LogP contribution in [0.1, 0.15) is 62.6 Å². The highest BCUT2D eigenvalue weighted by Crippen LogP contribution is 2.52. The summed E-state index contributed by atoms with van der Waals surface area (Å²) in [4.78, 5) is 4.88. The van der Waals surface area contributed by atoms with E-state index in [1.54, 1.807) is 22.3 Å². The number of benzene rings is 1. The zero-order valence-corrected chi connectivity index (χ0v) is 18.3. The van der Waals surface area contributed by atoms with Gasteiger partial charge >= 0.3 is 0 Å². The average Bonchev–Trinajstić information content (AvgIpc) is 3.49. The van der Waals surface area contributed by atoms with Crippen molar-refractivity contribution in [3.63, 3.8) is 0 Å². The lowest BCUT2D eigenvalue weighted by Gasteiger charge is -2.36. The fourth-order valence-electron chi connectivity index (χ4n) is 4.86. The summed E-state index contributed by atoms with van der Waals surface area (Å²) in [5.74, 6) is 1.39. The molecule has 0 atom stereocenters.